The van der Waals surface area contributed by atoms with Gasteiger partial charge in [-0.3, -0.25) is 4.79 Å². The number of carbonyl (C=O) groups is 1. The molecule has 0 spiro atoms. The summed E-state index contributed by atoms with van der Waals surface area (Å²) in [4.78, 5) is 20.4. The summed E-state index contributed by atoms with van der Waals surface area (Å²) in [6.45, 7) is 4.18. The molecule has 0 aliphatic heterocycles. The van der Waals surface area contributed by atoms with Gasteiger partial charge in [0.05, 0.1) is 22.3 Å². The maximum absolute atomic E-state index is 12.2. The monoisotopic (exact) mass is 352 g/mol. The van der Waals surface area contributed by atoms with Crippen LogP contribution in [0.4, 0.5) is 11.5 Å². The molecular formula is C16H18Cl2N4O. The van der Waals surface area contributed by atoms with Crippen LogP contribution in [-0.4, -0.2) is 22.4 Å². The van der Waals surface area contributed by atoms with Crippen molar-refractivity contribution in [3.63, 3.8) is 0 Å². The molecule has 122 valence electrons. The second-order valence-corrected chi connectivity index (χ2v) is 5.87. The van der Waals surface area contributed by atoms with Gasteiger partial charge in [0.2, 0.25) is 5.91 Å². The van der Waals surface area contributed by atoms with Gasteiger partial charge in [0.1, 0.15) is 17.2 Å². The fourth-order valence-corrected chi connectivity index (χ4v) is 2.42. The van der Waals surface area contributed by atoms with E-state index in [1.807, 2.05) is 26.0 Å². The molecular weight excluding hydrogens is 335 g/mol. The molecule has 0 aliphatic rings. The van der Waals surface area contributed by atoms with E-state index >= 15 is 0 Å². The van der Waals surface area contributed by atoms with E-state index in [1.54, 1.807) is 12.1 Å². The molecule has 0 bridgehead atoms. The largest absolute Gasteiger partial charge is 0.368 e. The third-order valence-corrected chi connectivity index (χ3v) is 4.08. The lowest BCUT2D eigenvalue weighted by Crippen LogP contribution is -2.27. The number of aryl methyl sites for hydroxylation is 1. The number of para-hydroxylation sites is 1. The predicted octanol–water partition coefficient (Wildman–Crippen LogP) is 4.03. The van der Waals surface area contributed by atoms with Gasteiger partial charge in [0, 0.05) is 6.54 Å². The van der Waals surface area contributed by atoms with Crippen LogP contribution in [0.2, 0.25) is 10.0 Å². The Hall–Kier alpha value is -1.85. The minimum Gasteiger partial charge on any atom is -0.368 e. The van der Waals surface area contributed by atoms with Crippen molar-refractivity contribution in [1.82, 2.24) is 9.97 Å². The average molecular weight is 353 g/mol. The van der Waals surface area contributed by atoms with E-state index in [0.29, 0.717) is 28.1 Å². The number of benzene rings is 1. The number of hydrogen-bond acceptors (Lipinski definition) is 4. The van der Waals surface area contributed by atoms with Gasteiger partial charge in [0.15, 0.2) is 0 Å². The Morgan fingerprint density at radius 3 is 2.70 bits per heavy atom. The number of nitrogens with zero attached hydrogens (tertiary/aromatic N) is 2. The fourth-order valence-electron chi connectivity index (χ4n) is 1.94. The smallest absolute Gasteiger partial charge is 0.229 e. The lowest BCUT2D eigenvalue weighted by molar-refractivity contribution is -0.119. The molecule has 0 saturated heterocycles. The SMILES string of the molecule is CCc1ncnc(NCC(C)C(=O)Nc2ccccc2Cl)c1Cl. The van der Waals surface area contributed by atoms with Crippen LogP contribution >= 0.6 is 23.2 Å². The molecule has 1 heterocycles. The first-order valence-electron chi connectivity index (χ1n) is 7.31. The number of halogens is 2. The molecule has 1 amide bonds. The first-order valence-corrected chi connectivity index (χ1v) is 8.07. The van der Waals surface area contributed by atoms with Crippen LogP contribution in [0, 0.1) is 5.92 Å². The molecule has 23 heavy (non-hydrogen) atoms. The van der Waals surface area contributed by atoms with Gasteiger partial charge in [-0.2, -0.15) is 0 Å². The zero-order chi connectivity index (χ0) is 16.8. The van der Waals surface area contributed by atoms with E-state index in [1.165, 1.54) is 6.33 Å². The van der Waals surface area contributed by atoms with Gasteiger partial charge in [-0.05, 0) is 18.6 Å². The molecule has 2 aromatic rings. The molecule has 1 atom stereocenters. The zero-order valence-corrected chi connectivity index (χ0v) is 14.4. The number of anilines is 2. The van der Waals surface area contributed by atoms with E-state index in [-0.39, 0.29) is 11.8 Å². The standard InChI is InChI=1S/C16H18Cl2N4O/c1-3-12-14(18)15(21-9-20-12)19-8-10(2)16(23)22-13-7-5-4-6-11(13)17/h4-7,9-10H,3,8H2,1-2H3,(H,22,23)(H,19,20,21). The maximum atomic E-state index is 12.2. The summed E-state index contributed by atoms with van der Waals surface area (Å²) in [5, 5.41) is 6.90. The van der Waals surface area contributed by atoms with Crippen LogP contribution in [0.1, 0.15) is 19.5 Å². The molecule has 1 aromatic carbocycles. The average Bonchev–Trinajstić information content (AvgIpc) is 2.55. The lowest BCUT2D eigenvalue weighted by Gasteiger charge is -2.15. The topological polar surface area (TPSA) is 66.9 Å². The third-order valence-electron chi connectivity index (χ3n) is 3.35. The molecule has 5 nitrogen and oxygen atoms in total. The molecule has 2 N–H and O–H groups in total. The van der Waals surface area contributed by atoms with Gasteiger partial charge in [-0.1, -0.05) is 49.2 Å². The normalized spacial score (nSPS) is 11.8. The number of rotatable bonds is 6. The Bertz CT molecular complexity index is 694. The minimum atomic E-state index is -0.289. The summed E-state index contributed by atoms with van der Waals surface area (Å²) in [7, 11) is 0. The van der Waals surface area contributed by atoms with Crippen molar-refractivity contribution in [3.8, 4) is 0 Å². The lowest BCUT2D eigenvalue weighted by atomic mass is 10.1. The van der Waals surface area contributed by atoms with Crippen LogP contribution in [-0.2, 0) is 11.2 Å². The highest BCUT2D eigenvalue weighted by Crippen LogP contribution is 2.23. The summed E-state index contributed by atoms with van der Waals surface area (Å²) in [5.74, 6) is 0.116. The highest BCUT2D eigenvalue weighted by Gasteiger charge is 2.15. The minimum absolute atomic E-state index is 0.133. The number of amides is 1. The molecule has 0 radical (unpaired) electrons. The van der Waals surface area contributed by atoms with E-state index in [9.17, 15) is 4.79 Å². The zero-order valence-electron chi connectivity index (χ0n) is 12.9. The highest BCUT2D eigenvalue weighted by molar-refractivity contribution is 6.34. The van der Waals surface area contributed by atoms with E-state index < -0.39 is 0 Å². The number of aromatic nitrogens is 2. The van der Waals surface area contributed by atoms with E-state index in [2.05, 4.69) is 20.6 Å². The fraction of sp³-hybridized carbons (Fsp3) is 0.312. The van der Waals surface area contributed by atoms with Crippen LogP contribution in [0.25, 0.3) is 0 Å². The van der Waals surface area contributed by atoms with E-state index in [0.717, 1.165) is 12.1 Å². The Kier molecular flexibility index (Phi) is 6.19. The van der Waals surface area contributed by atoms with Gasteiger partial charge in [-0.15, -0.1) is 0 Å². The van der Waals surface area contributed by atoms with Crippen LogP contribution in [0.3, 0.4) is 0 Å². The van der Waals surface area contributed by atoms with Gasteiger partial charge in [0.25, 0.3) is 0 Å². The predicted molar refractivity (Wildman–Crippen MR) is 94.2 cm³/mol. The molecule has 0 saturated carbocycles. The summed E-state index contributed by atoms with van der Waals surface area (Å²) in [6, 6.07) is 7.12. The van der Waals surface area contributed by atoms with Crippen molar-refractivity contribution in [1.29, 1.82) is 0 Å². The van der Waals surface area contributed by atoms with E-state index in [4.69, 9.17) is 23.2 Å². The second kappa shape index (κ2) is 8.13. The van der Waals surface area contributed by atoms with Crippen LogP contribution in [0.15, 0.2) is 30.6 Å². The Labute approximate surface area is 145 Å². The van der Waals surface area contributed by atoms with Crippen molar-refractivity contribution in [2.75, 3.05) is 17.2 Å². The molecule has 2 rings (SSSR count). The summed E-state index contributed by atoms with van der Waals surface area (Å²) in [6.07, 6.45) is 2.18. The number of hydrogen-bond donors (Lipinski definition) is 2. The maximum Gasteiger partial charge on any atom is 0.229 e. The Morgan fingerprint density at radius 1 is 1.26 bits per heavy atom. The Morgan fingerprint density at radius 2 is 2.00 bits per heavy atom. The van der Waals surface area contributed by atoms with Crippen molar-refractivity contribution < 1.29 is 4.79 Å². The van der Waals surface area contributed by atoms with Gasteiger partial charge >= 0.3 is 0 Å². The molecule has 1 unspecified atom stereocenters. The van der Waals surface area contributed by atoms with Crippen molar-refractivity contribution in [2.45, 2.75) is 20.3 Å². The quantitative estimate of drug-likeness (QED) is 0.823. The third kappa shape index (κ3) is 4.56. The second-order valence-electron chi connectivity index (χ2n) is 5.09. The first kappa shape index (κ1) is 17.5. The highest BCUT2D eigenvalue weighted by atomic mass is 35.5. The van der Waals surface area contributed by atoms with Crippen molar-refractivity contribution in [3.05, 3.63) is 46.3 Å². The van der Waals surface area contributed by atoms with Crippen LogP contribution in [0.5, 0.6) is 0 Å². The molecule has 0 aliphatic carbocycles. The Balaban J connectivity index is 1.96. The molecule has 7 heteroatoms. The molecule has 0 fully saturated rings. The van der Waals surface area contributed by atoms with Gasteiger partial charge < -0.3 is 10.6 Å². The summed E-state index contributed by atoms with van der Waals surface area (Å²) < 4.78 is 0. The van der Waals surface area contributed by atoms with Crippen molar-refractivity contribution in [2.24, 2.45) is 5.92 Å². The number of nitrogens with one attached hydrogen (secondary N) is 2. The number of carbonyl (C=O) groups excluding carboxylic acids is 1. The molecule has 1 aromatic heterocycles. The summed E-state index contributed by atoms with van der Waals surface area (Å²) in [5.41, 5.74) is 1.37. The first-order chi connectivity index (χ1) is 11.0. The van der Waals surface area contributed by atoms with Crippen molar-refractivity contribution >= 4 is 40.6 Å². The summed E-state index contributed by atoms with van der Waals surface area (Å²) >= 11 is 12.3. The van der Waals surface area contributed by atoms with Crippen LogP contribution < -0.4 is 10.6 Å². The van der Waals surface area contributed by atoms with Gasteiger partial charge in [-0.25, -0.2) is 9.97 Å².